The van der Waals surface area contributed by atoms with Crippen LogP contribution in [-0.4, -0.2) is 29.3 Å². The fourth-order valence-corrected chi connectivity index (χ4v) is 3.67. The maximum Gasteiger partial charge on any atom is 0.268 e. The Labute approximate surface area is 171 Å². The van der Waals surface area contributed by atoms with Gasteiger partial charge in [-0.15, -0.1) is 0 Å². The number of hydrogen-bond acceptors (Lipinski definition) is 3. The number of piperazine rings is 1. The smallest absolute Gasteiger partial charge is 0.268 e. The number of likely N-dealkylation sites (N-methyl/N-ethyl adjacent to an activating group) is 1. The lowest BCUT2D eigenvalue weighted by molar-refractivity contribution is -0.144. The van der Waals surface area contributed by atoms with Gasteiger partial charge in [-0.2, -0.15) is 5.26 Å². The molecule has 1 atom stereocenters. The summed E-state index contributed by atoms with van der Waals surface area (Å²) in [5.41, 5.74) is 1.90. The van der Waals surface area contributed by atoms with Gasteiger partial charge in [0.2, 0.25) is 0 Å². The Morgan fingerprint density at radius 3 is 2.52 bits per heavy atom. The average molecular weight is 385 g/mol. The number of benzene rings is 2. The molecule has 146 valence electrons. The van der Waals surface area contributed by atoms with Crippen molar-refractivity contribution in [2.45, 2.75) is 25.3 Å². The second kappa shape index (κ2) is 8.15. The van der Waals surface area contributed by atoms with E-state index in [1.54, 1.807) is 31.3 Å². The summed E-state index contributed by atoms with van der Waals surface area (Å²) in [6.45, 7) is 5.67. The zero-order chi connectivity index (χ0) is 21.0. The van der Waals surface area contributed by atoms with Gasteiger partial charge in [0.15, 0.2) is 0 Å². The van der Waals surface area contributed by atoms with Crippen molar-refractivity contribution in [1.29, 1.82) is 5.26 Å². The van der Waals surface area contributed by atoms with E-state index in [0.717, 1.165) is 11.1 Å². The quantitative estimate of drug-likeness (QED) is 0.801. The summed E-state index contributed by atoms with van der Waals surface area (Å²) in [6.07, 6.45) is 4.10. The van der Waals surface area contributed by atoms with Crippen molar-refractivity contribution in [2.24, 2.45) is 0 Å². The lowest BCUT2D eigenvalue weighted by Crippen LogP contribution is -2.65. The van der Waals surface area contributed by atoms with Gasteiger partial charge in [-0.3, -0.25) is 9.59 Å². The van der Waals surface area contributed by atoms with Gasteiger partial charge in [0.05, 0.1) is 11.6 Å². The number of nitrogens with zero attached hydrogens (tertiary/aromatic N) is 2. The van der Waals surface area contributed by atoms with Crippen molar-refractivity contribution in [3.63, 3.8) is 0 Å². The SMILES string of the molecule is C=Cc1cccc(C#N)c1/C=C1\C(=O)NC(CC)(Cc2ccccc2)C(=O)N1C. The number of carbonyl (C=O) groups excluding carboxylic acids is 2. The lowest BCUT2D eigenvalue weighted by atomic mass is 9.84. The first kappa shape index (κ1) is 20.1. The molecule has 0 radical (unpaired) electrons. The number of hydrogen-bond donors (Lipinski definition) is 1. The highest BCUT2D eigenvalue weighted by Crippen LogP contribution is 2.29. The van der Waals surface area contributed by atoms with Crippen LogP contribution in [0.25, 0.3) is 12.2 Å². The van der Waals surface area contributed by atoms with Crippen molar-refractivity contribution in [3.05, 3.63) is 83.1 Å². The highest BCUT2D eigenvalue weighted by Gasteiger charge is 2.46. The zero-order valence-electron chi connectivity index (χ0n) is 16.6. The van der Waals surface area contributed by atoms with E-state index in [0.29, 0.717) is 24.0 Å². The first-order valence-corrected chi connectivity index (χ1v) is 9.47. The third kappa shape index (κ3) is 3.70. The van der Waals surface area contributed by atoms with Gasteiger partial charge in [-0.05, 0) is 29.7 Å². The van der Waals surface area contributed by atoms with Gasteiger partial charge in [0.25, 0.3) is 11.8 Å². The first-order valence-electron chi connectivity index (χ1n) is 9.47. The minimum absolute atomic E-state index is 0.177. The highest BCUT2D eigenvalue weighted by atomic mass is 16.2. The minimum atomic E-state index is -0.999. The van der Waals surface area contributed by atoms with E-state index in [9.17, 15) is 14.9 Å². The number of rotatable bonds is 5. The highest BCUT2D eigenvalue weighted by molar-refractivity contribution is 6.09. The Hall–Kier alpha value is -3.65. The van der Waals surface area contributed by atoms with Crippen LogP contribution < -0.4 is 5.32 Å². The maximum absolute atomic E-state index is 13.3. The Morgan fingerprint density at radius 1 is 1.17 bits per heavy atom. The summed E-state index contributed by atoms with van der Waals surface area (Å²) in [5, 5.41) is 12.4. The van der Waals surface area contributed by atoms with Gasteiger partial charge >= 0.3 is 0 Å². The van der Waals surface area contributed by atoms with Gasteiger partial charge in [0, 0.05) is 19.0 Å². The molecule has 0 saturated carbocycles. The fourth-order valence-electron chi connectivity index (χ4n) is 3.67. The monoisotopic (exact) mass is 385 g/mol. The minimum Gasteiger partial charge on any atom is -0.336 e. The third-order valence-corrected chi connectivity index (χ3v) is 5.37. The van der Waals surface area contributed by atoms with E-state index in [2.05, 4.69) is 18.0 Å². The van der Waals surface area contributed by atoms with E-state index < -0.39 is 5.54 Å². The Kier molecular flexibility index (Phi) is 5.65. The molecule has 2 amide bonds. The number of nitriles is 1. The standard InChI is InChI=1S/C24H23N3O2/c1-4-18-12-9-13-19(16-25)20(18)14-21-22(28)26-24(5-2,23(29)27(21)3)15-17-10-7-6-8-11-17/h4,6-14H,1,5,15H2,2-3H3,(H,26,28)/b21-14+. The normalized spacial score (nSPS) is 20.3. The summed E-state index contributed by atoms with van der Waals surface area (Å²) < 4.78 is 0. The molecule has 0 aliphatic carbocycles. The molecule has 5 nitrogen and oxygen atoms in total. The third-order valence-electron chi connectivity index (χ3n) is 5.37. The second-order valence-corrected chi connectivity index (χ2v) is 7.07. The van der Waals surface area contributed by atoms with Crippen molar-refractivity contribution in [1.82, 2.24) is 10.2 Å². The number of nitrogens with one attached hydrogen (secondary N) is 1. The van der Waals surface area contributed by atoms with E-state index in [1.165, 1.54) is 4.90 Å². The topological polar surface area (TPSA) is 73.2 Å². The molecular weight excluding hydrogens is 362 g/mol. The Morgan fingerprint density at radius 2 is 1.90 bits per heavy atom. The summed E-state index contributed by atoms with van der Waals surface area (Å²) >= 11 is 0. The molecule has 2 aromatic rings. The van der Waals surface area contributed by atoms with Crippen LogP contribution in [0.4, 0.5) is 0 Å². The van der Waals surface area contributed by atoms with Crippen molar-refractivity contribution >= 4 is 24.0 Å². The van der Waals surface area contributed by atoms with Gasteiger partial charge in [-0.25, -0.2) is 0 Å². The molecule has 1 heterocycles. The van der Waals surface area contributed by atoms with Crippen LogP contribution in [0, 0.1) is 11.3 Å². The van der Waals surface area contributed by atoms with E-state index in [4.69, 9.17) is 0 Å². The number of carbonyl (C=O) groups is 2. The van der Waals surface area contributed by atoms with E-state index >= 15 is 0 Å². The number of amides is 2. The molecule has 1 unspecified atom stereocenters. The fraction of sp³-hybridized carbons (Fsp3) is 0.208. The van der Waals surface area contributed by atoms with Crippen molar-refractivity contribution in [3.8, 4) is 6.07 Å². The van der Waals surface area contributed by atoms with Crippen LogP contribution in [0.2, 0.25) is 0 Å². The molecular formula is C24H23N3O2. The average Bonchev–Trinajstić information content (AvgIpc) is 2.75. The van der Waals surface area contributed by atoms with Crippen LogP contribution >= 0.6 is 0 Å². The Bertz CT molecular complexity index is 1030. The molecule has 1 N–H and O–H groups in total. The molecule has 0 bridgehead atoms. The van der Waals surface area contributed by atoms with Crippen LogP contribution in [0.3, 0.4) is 0 Å². The maximum atomic E-state index is 13.3. The molecule has 5 heteroatoms. The lowest BCUT2D eigenvalue weighted by Gasteiger charge is -2.41. The first-order chi connectivity index (χ1) is 14.0. The summed E-state index contributed by atoms with van der Waals surface area (Å²) in [4.78, 5) is 27.8. The van der Waals surface area contributed by atoms with Gasteiger partial charge < -0.3 is 10.2 Å². The van der Waals surface area contributed by atoms with Crippen LogP contribution in [0.15, 0.2) is 60.8 Å². The van der Waals surface area contributed by atoms with Crippen molar-refractivity contribution < 1.29 is 9.59 Å². The molecule has 1 fully saturated rings. The molecule has 2 aromatic carbocycles. The van der Waals surface area contributed by atoms with E-state index in [1.807, 2.05) is 43.3 Å². The molecule has 1 saturated heterocycles. The second-order valence-electron chi connectivity index (χ2n) is 7.07. The van der Waals surface area contributed by atoms with Gasteiger partial charge in [-0.1, -0.05) is 62.0 Å². The predicted octanol–water partition coefficient (Wildman–Crippen LogP) is 3.52. The largest absolute Gasteiger partial charge is 0.336 e. The molecule has 0 spiro atoms. The summed E-state index contributed by atoms with van der Waals surface area (Å²) in [7, 11) is 1.60. The predicted molar refractivity (Wildman–Crippen MR) is 113 cm³/mol. The van der Waals surface area contributed by atoms with E-state index in [-0.39, 0.29) is 17.5 Å². The molecule has 0 aromatic heterocycles. The molecule has 1 aliphatic rings. The zero-order valence-corrected chi connectivity index (χ0v) is 16.6. The van der Waals surface area contributed by atoms with Crippen LogP contribution in [0.1, 0.15) is 35.6 Å². The van der Waals surface area contributed by atoms with Crippen LogP contribution in [-0.2, 0) is 16.0 Å². The summed E-state index contributed by atoms with van der Waals surface area (Å²) in [6, 6.07) is 17.0. The van der Waals surface area contributed by atoms with Crippen molar-refractivity contribution in [2.75, 3.05) is 7.05 Å². The van der Waals surface area contributed by atoms with Crippen LogP contribution in [0.5, 0.6) is 0 Å². The van der Waals surface area contributed by atoms with Gasteiger partial charge in [0.1, 0.15) is 11.2 Å². The molecule has 1 aliphatic heterocycles. The Balaban J connectivity index is 2.02. The molecule has 3 rings (SSSR count). The molecule has 29 heavy (non-hydrogen) atoms. The summed E-state index contributed by atoms with van der Waals surface area (Å²) in [5.74, 6) is -0.517.